The molecule has 1 aliphatic carbocycles. The number of carbonyl (C=O) groups is 3. The molecule has 3 N–H and O–H groups in total. The molecule has 4 fully saturated rings. The van der Waals surface area contributed by atoms with Crippen LogP contribution in [0.1, 0.15) is 51.9 Å². The Hall–Kier alpha value is -2.65. The zero-order valence-electron chi connectivity index (χ0n) is 20.2. The second kappa shape index (κ2) is 9.78. The number of amides is 3. The van der Waals surface area contributed by atoms with E-state index in [2.05, 4.69) is 10.6 Å². The van der Waals surface area contributed by atoms with Gasteiger partial charge in [-0.25, -0.2) is 0 Å². The molecule has 190 valence electrons. The minimum atomic E-state index is -1.03. The minimum absolute atomic E-state index is 0.0428. The lowest BCUT2D eigenvalue weighted by Crippen LogP contribution is -2.57. The van der Waals surface area contributed by atoms with Crippen molar-refractivity contribution in [1.82, 2.24) is 10.2 Å². The molecule has 2 unspecified atom stereocenters. The summed E-state index contributed by atoms with van der Waals surface area (Å²) in [4.78, 5) is 42.0. The van der Waals surface area contributed by atoms with Crippen molar-refractivity contribution in [2.45, 2.75) is 75.7 Å². The van der Waals surface area contributed by atoms with Crippen LogP contribution in [0.25, 0.3) is 0 Å². The SMILES string of the molecule is CCOc1ccc(NC(=O)[C@@H]2[C@@H]3CCC4(O3)C(C(=O)NC3CCCCC3)N(CCO)C(=O)[C@H]24)cc1. The Morgan fingerprint density at radius 3 is 2.57 bits per heavy atom. The molecule has 4 aliphatic rings. The van der Waals surface area contributed by atoms with Gasteiger partial charge in [0.15, 0.2) is 0 Å². The van der Waals surface area contributed by atoms with E-state index in [1.807, 2.05) is 6.92 Å². The van der Waals surface area contributed by atoms with Gasteiger partial charge < -0.3 is 30.1 Å². The first-order valence-electron chi connectivity index (χ1n) is 12.9. The number of hydrogen-bond acceptors (Lipinski definition) is 6. The van der Waals surface area contributed by atoms with E-state index in [1.54, 1.807) is 24.3 Å². The molecule has 1 aromatic carbocycles. The van der Waals surface area contributed by atoms with Crippen LogP contribution in [0.15, 0.2) is 24.3 Å². The Bertz CT molecular complexity index is 962. The molecule has 9 heteroatoms. The Morgan fingerprint density at radius 2 is 1.89 bits per heavy atom. The third-order valence-electron chi connectivity index (χ3n) is 8.08. The maximum atomic E-state index is 13.6. The Morgan fingerprint density at radius 1 is 1.14 bits per heavy atom. The third kappa shape index (κ3) is 4.18. The summed E-state index contributed by atoms with van der Waals surface area (Å²) in [6.07, 6.45) is 5.94. The van der Waals surface area contributed by atoms with Gasteiger partial charge in [0.05, 0.1) is 31.2 Å². The average molecular weight is 486 g/mol. The summed E-state index contributed by atoms with van der Waals surface area (Å²) in [5.41, 5.74) is -0.421. The summed E-state index contributed by atoms with van der Waals surface area (Å²) < 4.78 is 11.8. The van der Waals surface area contributed by atoms with Crippen LogP contribution < -0.4 is 15.4 Å². The third-order valence-corrected chi connectivity index (χ3v) is 8.08. The maximum Gasteiger partial charge on any atom is 0.246 e. The van der Waals surface area contributed by atoms with E-state index < -0.39 is 29.6 Å². The Kier molecular flexibility index (Phi) is 6.72. The van der Waals surface area contributed by atoms with Gasteiger partial charge in [-0.1, -0.05) is 19.3 Å². The van der Waals surface area contributed by atoms with Crippen molar-refractivity contribution in [3.8, 4) is 5.75 Å². The molecule has 2 bridgehead atoms. The number of aliphatic hydroxyl groups is 1. The number of fused-ring (bicyclic) bond motifs is 1. The number of rotatable bonds is 8. The first-order valence-corrected chi connectivity index (χ1v) is 12.9. The van der Waals surface area contributed by atoms with Crippen LogP contribution in [-0.4, -0.2) is 71.3 Å². The topological polar surface area (TPSA) is 117 Å². The fraction of sp³-hybridized carbons (Fsp3) is 0.654. The zero-order chi connectivity index (χ0) is 24.6. The lowest BCUT2D eigenvalue weighted by atomic mass is 9.70. The fourth-order valence-corrected chi connectivity index (χ4v) is 6.66. The zero-order valence-corrected chi connectivity index (χ0v) is 20.2. The number of β-amino-alcohol motifs (C(OH)–C–C–N with tert-alkyl or cyclic N) is 1. The Labute approximate surface area is 205 Å². The molecule has 5 rings (SSSR count). The fourth-order valence-electron chi connectivity index (χ4n) is 6.66. The lowest BCUT2D eigenvalue weighted by Gasteiger charge is -2.35. The molecule has 3 amide bonds. The molecule has 1 spiro atoms. The van der Waals surface area contributed by atoms with E-state index in [0.717, 1.165) is 25.7 Å². The predicted octanol–water partition coefficient (Wildman–Crippen LogP) is 1.84. The van der Waals surface area contributed by atoms with Crippen LogP contribution in [0.5, 0.6) is 5.75 Å². The van der Waals surface area contributed by atoms with Crippen molar-refractivity contribution >= 4 is 23.4 Å². The second-order valence-electron chi connectivity index (χ2n) is 10.1. The van der Waals surface area contributed by atoms with Gasteiger partial charge in [0, 0.05) is 18.3 Å². The average Bonchev–Trinajstić information content (AvgIpc) is 3.49. The Balaban J connectivity index is 1.37. The van der Waals surface area contributed by atoms with Gasteiger partial charge in [0.1, 0.15) is 17.4 Å². The van der Waals surface area contributed by atoms with Crippen molar-refractivity contribution in [2.24, 2.45) is 11.8 Å². The van der Waals surface area contributed by atoms with Crippen molar-refractivity contribution < 1.29 is 29.0 Å². The molecule has 1 saturated carbocycles. The van der Waals surface area contributed by atoms with Gasteiger partial charge in [0.25, 0.3) is 0 Å². The van der Waals surface area contributed by atoms with E-state index in [-0.39, 0.29) is 36.9 Å². The van der Waals surface area contributed by atoms with Gasteiger partial charge in [-0.05, 0) is 56.9 Å². The van der Waals surface area contributed by atoms with Crippen LogP contribution in [0, 0.1) is 11.8 Å². The number of aliphatic hydroxyl groups excluding tert-OH is 1. The molecule has 3 saturated heterocycles. The van der Waals surface area contributed by atoms with E-state index in [4.69, 9.17) is 9.47 Å². The minimum Gasteiger partial charge on any atom is -0.494 e. The molecule has 3 aliphatic heterocycles. The number of hydrogen-bond donors (Lipinski definition) is 3. The summed E-state index contributed by atoms with van der Waals surface area (Å²) in [5.74, 6) is -1.50. The van der Waals surface area contributed by atoms with E-state index in [1.165, 1.54) is 11.3 Å². The molecular weight excluding hydrogens is 450 g/mol. The highest BCUT2D eigenvalue weighted by Gasteiger charge is 2.74. The van der Waals surface area contributed by atoms with Crippen molar-refractivity contribution in [3.05, 3.63) is 24.3 Å². The number of ether oxygens (including phenoxy) is 2. The number of anilines is 1. The van der Waals surface area contributed by atoms with Crippen molar-refractivity contribution in [1.29, 1.82) is 0 Å². The number of nitrogens with one attached hydrogen (secondary N) is 2. The van der Waals surface area contributed by atoms with Gasteiger partial charge in [-0.15, -0.1) is 0 Å². The molecule has 35 heavy (non-hydrogen) atoms. The first kappa shape index (κ1) is 24.1. The summed E-state index contributed by atoms with van der Waals surface area (Å²) in [5, 5.41) is 15.8. The van der Waals surface area contributed by atoms with Crippen molar-refractivity contribution in [2.75, 3.05) is 25.1 Å². The van der Waals surface area contributed by atoms with E-state index in [9.17, 15) is 19.5 Å². The van der Waals surface area contributed by atoms with Gasteiger partial charge in [0.2, 0.25) is 17.7 Å². The number of likely N-dealkylation sites (tertiary alicyclic amines) is 1. The molecular formula is C26H35N3O6. The lowest BCUT2D eigenvalue weighted by molar-refractivity contribution is -0.142. The first-order chi connectivity index (χ1) is 17.0. The van der Waals surface area contributed by atoms with Crippen LogP contribution in [0.3, 0.4) is 0 Å². The van der Waals surface area contributed by atoms with E-state index in [0.29, 0.717) is 30.9 Å². The second-order valence-corrected chi connectivity index (χ2v) is 10.1. The summed E-state index contributed by atoms with van der Waals surface area (Å²) in [7, 11) is 0. The molecule has 0 aromatic heterocycles. The largest absolute Gasteiger partial charge is 0.494 e. The van der Waals surface area contributed by atoms with Crippen LogP contribution in [0.4, 0.5) is 5.69 Å². The molecule has 1 aromatic rings. The molecule has 9 nitrogen and oxygen atoms in total. The van der Waals surface area contributed by atoms with E-state index >= 15 is 0 Å². The van der Waals surface area contributed by atoms with Gasteiger partial charge in [-0.3, -0.25) is 14.4 Å². The quantitative estimate of drug-likeness (QED) is 0.517. The summed E-state index contributed by atoms with van der Waals surface area (Å²) in [6.45, 7) is 2.25. The number of benzene rings is 1. The van der Waals surface area contributed by atoms with Gasteiger partial charge >= 0.3 is 0 Å². The van der Waals surface area contributed by atoms with Crippen LogP contribution >= 0.6 is 0 Å². The highest BCUT2D eigenvalue weighted by Crippen LogP contribution is 2.58. The number of nitrogens with zero attached hydrogens (tertiary/aromatic N) is 1. The summed E-state index contributed by atoms with van der Waals surface area (Å²) >= 11 is 0. The molecule has 5 atom stereocenters. The highest BCUT2D eigenvalue weighted by molar-refractivity contribution is 6.02. The summed E-state index contributed by atoms with van der Waals surface area (Å²) in [6, 6.07) is 6.36. The maximum absolute atomic E-state index is 13.6. The predicted molar refractivity (Wildman–Crippen MR) is 128 cm³/mol. The van der Waals surface area contributed by atoms with Crippen LogP contribution in [-0.2, 0) is 19.1 Å². The normalized spacial score (nSPS) is 31.9. The van der Waals surface area contributed by atoms with Crippen molar-refractivity contribution in [3.63, 3.8) is 0 Å². The smallest absolute Gasteiger partial charge is 0.246 e. The van der Waals surface area contributed by atoms with Gasteiger partial charge in [-0.2, -0.15) is 0 Å². The monoisotopic (exact) mass is 485 g/mol. The highest BCUT2D eigenvalue weighted by atomic mass is 16.5. The van der Waals surface area contributed by atoms with Crippen LogP contribution in [0.2, 0.25) is 0 Å². The standard InChI is InChI=1S/C26H35N3O6/c1-2-34-18-10-8-17(9-11-18)27-23(31)20-19-12-13-26(35-19)21(20)25(33)29(14-15-30)22(26)24(32)28-16-6-4-3-5-7-16/h8-11,16,19-22,30H,2-7,12-15H2,1H3,(H,27,31)(H,28,32)/t19-,20+,21-,22?,26?/m0/s1. The molecule has 0 radical (unpaired) electrons. The number of carbonyl (C=O) groups excluding carboxylic acids is 3. The molecule has 3 heterocycles.